The van der Waals surface area contributed by atoms with Crippen molar-refractivity contribution in [3.05, 3.63) is 33.7 Å². The average Bonchev–Trinajstić information content (AvgIpc) is 2.52. The first-order chi connectivity index (χ1) is 6.77. The van der Waals surface area contributed by atoms with E-state index < -0.39 is 0 Å². The predicted molar refractivity (Wildman–Crippen MR) is 60.9 cm³/mol. The second-order valence-electron chi connectivity index (χ2n) is 3.01. The summed E-state index contributed by atoms with van der Waals surface area (Å²) in [6, 6.07) is 8.16. The summed E-state index contributed by atoms with van der Waals surface area (Å²) in [6.07, 6.45) is 0.971. The lowest BCUT2D eigenvalue weighted by Crippen LogP contribution is -1.79. The highest BCUT2D eigenvalue weighted by molar-refractivity contribution is 7.23. The zero-order valence-corrected chi connectivity index (χ0v) is 9.25. The molecule has 3 heteroatoms. The third-order valence-corrected chi connectivity index (χ3v) is 3.74. The minimum atomic E-state index is 0.600. The SMILES string of the molecule is CCc1cccc2c(C#N)c(Cl)sc12. The lowest BCUT2D eigenvalue weighted by Gasteiger charge is -1.97. The van der Waals surface area contributed by atoms with Crippen molar-refractivity contribution in [3.8, 4) is 6.07 Å². The molecule has 1 aromatic carbocycles. The van der Waals surface area contributed by atoms with Gasteiger partial charge < -0.3 is 0 Å². The first kappa shape index (κ1) is 9.51. The van der Waals surface area contributed by atoms with Gasteiger partial charge >= 0.3 is 0 Å². The van der Waals surface area contributed by atoms with Crippen LogP contribution in [0, 0.1) is 11.3 Å². The summed E-state index contributed by atoms with van der Waals surface area (Å²) < 4.78 is 1.75. The Morgan fingerprint density at radius 3 is 2.93 bits per heavy atom. The van der Waals surface area contributed by atoms with Crippen molar-refractivity contribution in [2.24, 2.45) is 0 Å². The Morgan fingerprint density at radius 1 is 1.50 bits per heavy atom. The predicted octanol–water partition coefficient (Wildman–Crippen LogP) is 3.99. The fourth-order valence-electron chi connectivity index (χ4n) is 1.53. The Labute approximate surface area is 91.5 Å². The summed E-state index contributed by atoms with van der Waals surface area (Å²) in [5, 5.41) is 9.93. The number of rotatable bonds is 1. The second-order valence-corrected chi connectivity index (χ2v) is 4.63. The number of nitriles is 1. The lowest BCUT2D eigenvalue weighted by atomic mass is 10.1. The Morgan fingerprint density at radius 2 is 2.29 bits per heavy atom. The number of hydrogen-bond donors (Lipinski definition) is 0. The molecule has 0 fully saturated rings. The van der Waals surface area contributed by atoms with Gasteiger partial charge in [-0.1, -0.05) is 36.7 Å². The zero-order valence-electron chi connectivity index (χ0n) is 7.67. The van der Waals surface area contributed by atoms with E-state index in [-0.39, 0.29) is 0 Å². The van der Waals surface area contributed by atoms with Gasteiger partial charge in [0.15, 0.2) is 0 Å². The van der Waals surface area contributed by atoms with Gasteiger partial charge in [-0.2, -0.15) is 5.26 Å². The van der Waals surface area contributed by atoms with Gasteiger partial charge in [0.1, 0.15) is 10.4 Å². The number of fused-ring (bicyclic) bond motifs is 1. The average molecular weight is 222 g/mol. The van der Waals surface area contributed by atoms with Gasteiger partial charge in [0.2, 0.25) is 0 Å². The number of thiophene rings is 1. The van der Waals surface area contributed by atoms with Crippen molar-refractivity contribution in [3.63, 3.8) is 0 Å². The van der Waals surface area contributed by atoms with Gasteiger partial charge in [-0.25, -0.2) is 0 Å². The Bertz CT molecular complexity index is 522. The van der Waals surface area contributed by atoms with E-state index in [1.165, 1.54) is 16.9 Å². The van der Waals surface area contributed by atoms with E-state index in [2.05, 4.69) is 19.1 Å². The van der Waals surface area contributed by atoms with Gasteiger partial charge in [0.05, 0.1) is 5.56 Å². The van der Waals surface area contributed by atoms with E-state index in [1.54, 1.807) is 0 Å². The van der Waals surface area contributed by atoms with Gasteiger partial charge in [-0.15, -0.1) is 11.3 Å². The van der Waals surface area contributed by atoms with E-state index in [4.69, 9.17) is 16.9 Å². The quantitative estimate of drug-likeness (QED) is 0.715. The molecule has 0 N–H and O–H groups in total. The topological polar surface area (TPSA) is 23.8 Å². The summed E-state index contributed by atoms with van der Waals surface area (Å²) in [5.74, 6) is 0. The van der Waals surface area contributed by atoms with Crippen molar-refractivity contribution in [2.75, 3.05) is 0 Å². The van der Waals surface area contributed by atoms with Crippen LogP contribution >= 0.6 is 22.9 Å². The summed E-state index contributed by atoms with van der Waals surface area (Å²) >= 11 is 7.49. The fraction of sp³-hybridized carbons (Fsp3) is 0.182. The lowest BCUT2D eigenvalue weighted by molar-refractivity contribution is 1.16. The number of aryl methyl sites for hydroxylation is 1. The van der Waals surface area contributed by atoms with Crippen LogP contribution in [-0.4, -0.2) is 0 Å². The van der Waals surface area contributed by atoms with Crippen LogP contribution in [0.5, 0.6) is 0 Å². The third-order valence-electron chi connectivity index (χ3n) is 2.25. The van der Waals surface area contributed by atoms with Crippen LogP contribution in [0.2, 0.25) is 4.34 Å². The van der Waals surface area contributed by atoms with Crippen LogP contribution in [-0.2, 0) is 6.42 Å². The van der Waals surface area contributed by atoms with E-state index >= 15 is 0 Å². The molecule has 0 aliphatic heterocycles. The molecule has 0 atom stereocenters. The molecule has 1 nitrogen and oxygen atoms in total. The first-order valence-electron chi connectivity index (χ1n) is 4.38. The van der Waals surface area contributed by atoms with Gasteiger partial charge in [0, 0.05) is 10.1 Å². The molecule has 70 valence electrons. The van der Waals surface area contributed by atoms with Crippen molar-refractivity contribution >= 4 is 33.0 Å². The molecular weight excluding hydrogens is 214 g/mol. The fourth-order valence-corrected chi connectivity index (χ4v) is 2.97. The van der Waals surface area contributed by atoms with Crippen LogP contribution < -0.4 is 0 Å². The van der Waals surface area contributed by atoms with Crippen molar-refractivity contribution in [1.29, 1.82) is 5.26 Å². The number of nitrogens with zero attached hydrogens (tertiary/aromatic N) is 1. The molecular formula is C11H8ClNS. The smallest absolute Gasteiger partial charge is 0.112 e. The van der Waals surface area contributed by atoms with Crippen LogP contribution in [0.3, 0.4) is 0 Å². The highest BCUT2D eigenvalue weighted by Crippen LogP contribution is 2.36. The molecule has 0 bridgehead atoms. The van der Waals surface area contributed by atoms with E-state index in [9.17, 15) is 0 Å². The van der Waals surface area contributed by atoms with Crippen molar-refractivity contribution < 1.29 is 0 Å². The molecule has 0 aliphatic carbocycles. The Balaban J connectivity index is 2.87. The molecule has 1 aromatic heterocycles. The second kappa shape index (κ2) is 3.61. The van der Waals surface area contributed by atoms with E-state index in [0.717, 1.165) is 16.5 Å². The molecule has 1 heterocycles. The van der Waals surface area contributed by atoms with Gasteiger partial charge in [-0.05, 0) is 12.0 Å². The zero-order chi connectivity index (χ0) is 10.1. The molecule has 2 aromatic rings. The minimum Gasteiger partial charge on any atom is -0.192 e. The number of benzene rings is 1. The molecule has 0 unspecified atom stereocenters. The molecule has 2 rings (SSSR count). The maximum Gasteiger partial charge on any atom is 0.112 e. The van der Waals surface area contributed by atoms with E-state index in [1.807, 2.05) is 12.1 Å². The molecule has 0 amide bonds. The summed E-state index contributed by atoms with van der Waals surface area (Å²) in [4.78, 5) is 0. The molecule has 0 radical (unpaired) electrons. The molecule has 0 saturated carbocycles. The number of hydrogen-bond acceptors (Lipinski definition) is 2. The monoisotopic (exact) mass is 221 g/mol. The van der Waals surface area contributed by atoms with Crippen molar-refractivity contribution in [2.45, 2.75) is 13.3 Å². The van der Waals surface area contributed by atoms with Crippen LogP contribution in [0.25, 0.3) is 10.1 Å². The van der Waals surface area contributed by atoms with Crippen LogP contribution in [0.4, 0.5) is 0 Å². The molecule has 0 spiro atoms. The van der Waals surface area contributed by atoms with Gasteiger partial charge in [-0.3, -0.25) is 0 Å². The maximum absolute atomic E-state index is 8.94. The normalized spacial score (nSPS) is 10.4. The number of halogens is 1. The van der Waals surface area contributed by atoms with Crippen LogP contribution in [0.1, 0.15) is 18.1 Å². The van der Waals surface area contributed by atoms with E-state index in [0.29, 0.717) is 9.90 Å². The summed E-state index contributed by atoms with van der Waals surface area (Å²) in [7, 11) is 0. The Kier molecular flexibility index (Phi) is 2.45. The summed E-state index contributed by atoms with van der Waals surface area (Å²) in [6.45, 7) is 2.11. The standard InChI is InChI=1S/C11H8ClNS/c1-2-7-4-3-5-8-9(6-13)11(12)14-10(7)8/h3-5H,2H2,1H3. The van der Waals surface area contributed by atoms with Crippen LogP contribution in [0.15, 0.2) is 18.2 Å². The highest BCUT2D eigenvalue weighted by atomic mass is 35.5. The third kappa shape index (κ3) is 1.30. The maximum atomic E-state index is 8.94. The minimum absolute atomic E-state index is 0.600. The molecule has 14 heavy (non-hydrogen) atoms. The molecule has 0 aliphatic rings. The first-order valence-corrected chi connectivity index (χ1v) is 5.57. The van der Waals surface area contributed by atoms with Crippen molar-refractivity contribution in [1.82, 2.24) is 0 Å². The highest BCUT2D eigenvalue weighted by Gasteiger charge is 2.11. The van der Waals surface area contributed by atoms with Gasteiger partial charge in [0.25, 0.3) is 0 Å². The summed E-state index contributed by atoms with van der Waals surface area (Å²) in [5.41, 5.74) is 1.87. The Hall–Kier alpha value is -1.04. The largest absolute Gasteiger partial charge is 0.192 e. The molecule has 0 saturated heterocycles.